The van der Waals surface area contributed by atoms with E-state index in [4.69, 9.17) is 4.74 Å². The van der Waals surface area contributed by atoms with Crippen LogP contribution in [0.25, 0.3) is 0 Å². The molecule has 0 spiro atoms. The summed E-state index contributed by atoms with van der Waals surface area (Å²) in [6, 6.07) is 4.69. The molecule has 1 aliphatic rings. The van der Waals surface area contributed by atoms with E-state index in [1.54, 1.807) is 13.2 Å². The third kappa shape index (κ3) is 4.54. The first-order chi connectivity index (χ1) is 11.3. The number of carbonyl (C=O) groups excluding carboxylic acids is 1. The monoisotopic (exact) mass is 355 g/mol. The summed E-state index contributed by atoms with van der Waals surface area (Å²) < 4.78 is 33.1. The van der Waals surface area contributed by atoms with Gasteiger partial charge in [-0.05, 0) is 44.0 Å². The summed E-state index contributed by atoms with van der Waals surface area (Å²) in [5, 5.41) is 5.98. The van der Waals surface area contributed by atoms with Gasteiger partial charge in [0.1, 0.15) is 0 Å². The molecule has 1 aromatic carbocycles. The Balaban J connectivity index is 2.16. The smallest absolute Gasteiger partial charge is 0.240 e. The second-order valence-electron chi connectivity index (χ2n) is 6.23. The van der Waals surface area contributed by atoms with Crippen LogP contribution < -0.4 is 15.4 Å². The van der Waals surface area contributed by atoms with Gasteiger partial charge in [-0.2, -0.15) is 0 Å². The maximum Gasteiger partial charge on any atom is 0.240 e. The standard InChI is InChI=1S/C16H25N3O4S/c1-12-5-6-14(9-15(12)19-13(2)20)24(21,22)18-10-16(11-23-3)7-4-8-17-16/h5-6,9,17-18H,4,7-8,10-11H2,1-3H3,(H,19,20). The van der Waals surface area contributed by atoms with Crippen LogP contribution in [0.3, 0.4) is 0 Å². The van der Waals surface area contributed by atoms with Crippen LogP contribution in [0.4, 0.5) is 5.69 Å². The number of methoxy groups -OCH3 is 1. The van der Waals surface area contributed by atoms with E-state index in [1.807, 2.05) is 6.92 Å². The summed E-state index contributed by atoms with van der Waals surface area (Å²) >= 11 is 0. The van der Waals surface area contributed by atoms with E-state index in [0.717, 1.165) is 24.9 Å². The summed E-state index contributed by atoms with van der Waals surface area (Å²) in [5.41, 5.74) is 0.931. The molecule has 1 unspecified atom stereocenters. The van der Waals surface area contributed by atoms with Crippen molar-refractivity contribution in [1.82, 2.24) is 10.0 Å². The molecule has 1 fully saturated rings. The van der Waals surface area contributed by atoms with Gasteiger partial charge in [-0.15, -0.1) is 0 Å². The van der Waals surface area contributed by atoms with Gasteiger partial charge in [-0.25, -0.2) is 13.1 Å². The Kier molecular flexibility index (Phi) is 5.97. The Morgan fingerprint density at radius 3 is 2.75 bits per heavy atom. The van der Waals surface area contributed by atoms with Crippen LogP contribution in [0.15, 0.2) is 23.1 Å². The zero-order valence-electron chi connectivity index (χ0n) is 14.3. The molecule has 134 valence electrons. The number of ether oxygens (including phenoxy) is 1. The maximum atomic E-state index is 12.6. The van der Waals surface area contributed by atoms with E-state index in [9.17, 15) is 13.2 Å². The second-order valence-corrected chi connectivity index (χ2v) is 7.99. The SMILES string of the molecule is COCC1(CNS(=O)(=O)c2ccc(C)c(NC(C)=O)c2)CCCN1. The lowest BCUT2D eigenvalue weighted by molar-refractivity contribution is -0.114. The van der Waals surface area contributed by atoms with Crippen LogP contribution in [0.1, 0.15) is 25.3 Å². The van der Waals surface area contributed by atoms with Crippen molar-refractivity contribution in [1.29, 1.82) is 0 Å². The minimum absolute atomic E-state index is 0.127. The largest absolute Gasteiger partial charge is 0.383 e. The molecule has 1 heterocycles. The second kappa shape index (κ2) is 7.60. The molecule has 0 saturated carbocycles. The van der Waals surface area contributed by atoms with Crippen molar-refractivity contribution in [3.05, 3.63) is 23.8 Å². The number of sulfonamides is 1. The molecule has 0 aliphatic carbocycles. The number of hydrogen-bond acceptors (Lipinski definition) is 5. The van der Waals surface area contributed by atoms with Crippen LogP contribution in [-0.4, -0.2) is 46.7 Å². The first kappa shape index (κ1) is 18.9. The predicted octanol–water partition coefficient (Wildman–Crippen LogP) is 1.00. The van der Waals surface area contributed by atoms with Crippen LogP contribution in [0.5, 0.6) is 0 Å². The highest BCUT2D eigenvalue weighted by Crippen LogP contribution is 2.22. The number of amides is 1. The zero-order valence-corrected chi connectivity index (χ0v) is 15.1. The Labute approximate surface area is 143 Å². The fourth-order valence-corrected chi connectivity index (χ4v) is 4.03. The van der Waals surface area contributed by atoms with E-state index in [0.29, 0.717) is 12.3 Å². The maximum absolute atomic E-state index is 12.6. The molecular formula is C16H25N3O4S. The molecule has 1 aromatic rings. The number of anilines is 1. The highest BCUT2D eigenvalue weighted by Gasteiger charge is 2.34. The van der Waals surface area contributed by atoms with Gasteiger partial charge in [0.15, 0.2) is 0 Å². The molecule has 2 rings (SSSR count). The minimum atomic E-state index is -3.68. The lowest BCUT2D eigenvalue weighted by atomic mass is 9.99. The normalized spacial score (nSPS) is 21.0. The quantitative estimate of drug-likeness (QED) is 0.678. The summed E-state index contributed by atoms with van der Waals surface area (Å²) in [5.74, 6) is -0.241. The van der Waals surface area contributed by atoms with Gasteiger partial charge in [0.05, 0.1) is 17.0 Å². The number of hydrogen-bond donors (Lipinski definition) is 3. The lowest BCUT2D eigenvalue weighted by Crippen LogP contribution is -2.52. The molecule has 0 aromatic heterocycles. The number of carbonyl (C=O) groups is 1. The van der Waals surface area contributed by atoms with Gasteiger partial charge in [0.2, 0.25) is 15.9 Å². The highest BCUT2D eigenvalue weighted by molar-refractivity contribution is 7.89. The van der Waals surface area contributed by atoms with Gasteiger partial charge >= 0.3 is 0 Å². The third-order valence-electron chi connectivity index (χ3n) is 4.18. The van der Waals surface area contributed by atoms with Crippen molar-refractivity contribution in [2.75, 3.05) is 32.1 Å². The van der Waals surface area contributed by atoms with Crippen LogP contribution in [0.2, 0.25) is 0 Å². The van der Waals surface area contributed by atoms with E-state index in [-0.39, 0.29) is 22.9 Å². The lowest BCUT2D eigenvalue weighted by Gasteiger charge is -2.28. The van der Waals surface area contributed by atoms with Gasteiger partial charge in [-0.3, -0.25) is 4.79 Å². The van der Waals surface area contributed by atoms with Crippen molar-refractivity contribution in [2.24, 2.45) is 0 Å². The Bertz CT molecular complexity index is 697. The topological polar surface area (TPSA) is 96.5 Å². The van der Waals surface area contributed by atoms with Crippen molar-refractivity contribution in [2.45, 2.75) is 37.1 Å². The fourth-order valence-electron chi connectivity index (χ4n) is 2.88. The van der Waals surface area contributed by atoms with Gasteiger partial charge in [0, 0.05) is 26.3 Å². The van der Waals surface area contributed by atoms with E-state index < -0.39 is 10.0 Å². The fraction of sp³-hybridized carbons (Fsp3) is 0.562. The zero-order chi connectivity index (χ0) is 17.8. The van der Waals surface area contributed by atoms with Crippen LogP contribution in [0, 0.1) is 6.92 Å². The first-order valence-corrected chi connectivity index (χ1v) is 9.38. The van der Waals surface area contributed by atoms with Crippen molar-refractivity contribution in [3.8, 4) is 0 Å². The molecule has 7 nitrogen and oxygen atoms in total. The first-order valence-electron chi connectivity index (χ1n) is 7.90. The number of aryl methyl sites for hydroxylation is 1. The molecule has 0 radical (unpaired) electrons. The summed E-state index contributed by atoms with van der Waals surface area (Å²) in [7, 11) is -2.07. The summed E-state index contributed by atoms with van der Waals surface area (Å²) in [4.78, 5) is 11.4. The molecule has 1 aliphatic heterocycles. The number of rotatable bonds is 7. The Morgan fingerprint density at radius 2 is 2.17 bits per heavy atom. The molecule has 1 atom stereocenters. The van der Waals surface area contributed by atoms with Gasteiger partial charge in [0.25, 0.3) is 0 Å². The van der Waals surface area contributed by atoms with Crippen LogP contribution in [-0.2, 0) is 19.6 Å². The molecule has 3 N–H and O–H groups in total. The van der Waals surface area contributed by atoms with Crippen molar-refractivity contribution >= 4 is 21.6 Å². The predicted molar refractivity (Wildman–Crippen MR) is 92.5 cm³/mol. The van der Waals surface area contributed by atoms with E-state index in [2.05, 4.69) is 15.4 Å². The molecule has 0 bridgehead atoms. The molecule has 8 heteroatoms. The average Bonchev–Trinajstić information content (AvgIpc) is 2.96. The highest BCUT2D eigenvalue weighted by atomic mass is 32.2. The van der Waals surface area contributed by atoms with Crippen LogP contribution >= 0.6 is 0 Å². The van der Waals surface area contributed by atoms with Gasteiger partial charge < -0.3 is 15.4 Å². The molecule has 1 amide bonds. The summed E-state index contributed by atoms with van der Waals surface area (Å²) in [6.07, 6.45) is 1.84. The van der Waals surface area contributed by atoms with Crippen molar-refractivity contribution in [3.63, 3.8) is 0 Å². The number of nitrogens with one attached hydrogen (secondary N) is 3. The molecule has 24 heavy (non-hydrogen) atoms. The minimum Gasteiger partial charge on any atom is -0.383 e. The Hall–Kier alpha value is -1.48. The van der Waals surface area contributed by atoms with E-state index >= 15 is 0 Å². The molecule has 1 saturated heterocycles. The summed E-state index contributed by atoms with van der Waals surface area (Å²) in [6.45, 7) is 4.75. The Morgan fingerprint density at radius 1 is 1.42 bits per heavy atom. The van der Waals surface area contributed by atoms with Crippen molar-refractivity contribution < 1.29 is 17.9 Å². The third-order valence-corrected chi connectivity index (χ3v) is 5.58. The average molecular weight is 355 g/mol. The van der Waals surface area contributed by atoms with E-state index in [1.165, 1.54) is 19.1 Å². The number of benzene rings is 1. The van der Waals surface area contributed by atoms with Gasteiger partial charge in [-0.1, -0.05) is 6.07 Å². The molecular weight excluding hydrogens is 330 g/mol.